The third kappa shape index (κ3) is 8.75. The summed E-state index contributed by atoms with van der Waals surface area (Å²) >= 11 is 7.09. The van der Waals surface area contributed by atoms with Crippen LogP contribution in [0.4, 0.5) is 15.8 Å². The molecule has 5 aromatic rings. The van der Waals surface area contributed by atoms with Gasteiger partial charge in [-0.15, -0.1) is 0 Å². The maximum atomic E-state index is 14.7. The Kier molecular flexibility index (Phi) is 12.1. The Morgan fingerprint density at radius 2 is 1.47 bits per heavy atom. The SMILES string of the molecule is COc1ccc(CN(Cc2ccc(OC)cc2)S(=O)(=O)c2ncc(C(=O)N3CCC(c4ccc(F)cc4)CC3)c(Nc3cc(C)c(C)cc3C#N)c2Cl)cc1. The van der Waals surface area contributed by atoms with Crippen molar-refractivity contribution < 1.29 is 27.1 Å². The second-order valence-electron chi connectivity index (χ2n) is 13.5. The minimum absolute atomic E-state index is 0.0227. The summed E-state index contributed by atoms with van der Waals surface area (Å²) < 4.78 is 54.9. The smallest absolute Gasteiger partial charge is 0.262 e. The first-order valence-corrected chi connectivity index (χ1v) is 19.5. The number of nitrogens with zero attached hydrogens (tertiary/aromatic N) is 4. The highest BCUT2D eigenvalue weighted by Crippen LogP contribution is 2.38. The monoisotopic (exact) mass is 781 g/mol. The van der Waals surface area contributed by atoms with Crippen LogP contribution in [0.1, 0.15) is 62.5 Å². The van der Waals surface area contributed by atoms with Gasteiger partial charge in [-0.2, -0.15) is 9.57 Å². The van der Waals surface area contributed by atoms with E-state index in [1.54, 1.807) is 91.9 Å². The van der Waals surface area contributed by atoms with Gasteiger partial charge in [-0.1, -0.05) is 48.0 Å². The molecule has 1 aliphatic heterocycles. The summed E-state index contributed by atoms with van der Waals surface area (Å²) in [5, 5.41) is 12.5. The fourth-order valence-electron chi connectivity index (χ4n) is 6.62. The van der Waals surface area contributed by atoms with Crippen LogP contribution in [-0.2, 0) is 23.1 Å². The molecule has 1 aromatic heterocycles. The molecule has 4 aromatic carbocycles. The zero-order valence-corrected chi connectivity index (χ0v) is 32.5. The van der Waals surface area contributed by atoms with E-state index in [1.165, 1.54) is 22.6 Å². The number of pyridine rings is 1. The van der Waals surface area contributed by atoms with Gasteiger partial charge in [-0.05, 0) is 109 Å². The predicted molar refractivity (Wildman–Crippen MR) is 210 cm³/mol. The standard InChI is InChI=1S/C42H41ClFN5O5S/c1-27-21-33(23-45)38(22-28(27)2)47-40-37(42(50)48-19-17-32(18-20-48)31-9-11-34(44)12-10-31)24-46-41(39(40)43)55(51,52)49(25-29-5-13-35(53-3)14-6-29)26-30-7-15-36(54-4)16-8-30/h5-16,21-22,24,32H,17-20,25-26H2,1-4H3,(H,46,47). The molecule has 0 atom stereocenters. The number of nitrogens with one attached hydrogen (secondary N) is 1. The minimum Gasteiger partial charge on any atom is -0.497 e. The summed E-state index contributed by atoms with van der Waals surface area (Å²) in [7, 11) is -1.34. The number of hydrogen-bond donors (Lipinski definition) is 1. The highest BCUT2D eigenvalue weighted by Gasteiger charge is 2.34. The van der Waals surface area contributed by atoms with Crippen molar-refractivity contribution >= 4 is 38.9 Å². The van der Waals surface area contributed by atoms with Crippen LogP contribution >= 0.6 is 11.6 Å². The summed E-state index contributed by atoms with van der Waals surface area (Å²) in [6, 6.07) is 26.2. The van der Waals surface area contributed by atoms with Crippen molar-refractivity contribution in [3.63, 3.8) is 0 Å². The number of carbonyl (C=O) groups excluding carboxylic acids is 1. The van der Waals surface area contributed by atoms with Crippen LogP contribution in [0.25, 0.3) is 0 Å². The van der Waals surface area contributed by atoms with Gasteiger partial charge < -0.3 is 19.7 Å². The normalized spacial score (nSPS) is 13.4. The lowest BCUT2D eigenvalue weighted by molar-refractivity contribution is 0.0713. The Labute approximate surface area is 326 Å². The van der Waals surface area contributed by atoms with Gasteiger partial charge in [0.15, 0.2) is 5.03 Å². The van der Waals surface area contributed by atoms with Crippen molar-refractivity contribution in [3.05, 3.63) is 141 Å². The molecule has 0 bridgehead atoms. The van der Waals surface area contributed by atoms with E-state index in [0.29, 0.717) is 59.8 Å². The van der Waals surface area contributed by atoms with Crippen molar-refractivity contribution in [2.24, 2.45) is 0 Å². The van der Waals surface area contributed by atoms with Crippen LogP contribution in [0.2, 0.25) is 5.02 Å². The van der Waals surface area contributed by atoms with Gasteiger partial charge in [0.05, 0.1) is 36.7 Å². The number of amides is 1. The maximum absolute atomic E-state index is 14.7. The van der Waals surface area contributed by atoms with Gasteiger partial charge in [0.1, 0.15) is 28.4 Å². The largest absolute Gasteiger partial charge is 0.497 e. The molecule has 284 valence electrons. The Balaban J connectivity index is 1.40. The lowest BCUT2D eigenvalue weighted by atomic mass is 9.89. The van der Waals surface area contributed by atoms with Gasteiger partial charge in [-0.3, -0.25) is 4.79 Å². The molecule has 13 heteroatoms. The lowest BCUT2D eigenvalue weighted by Crippen LogP contribution is -2.38. The molecule has 55 heavy (non-hydrogen) atoms. The van der Waals surface area contributed by atoms with E-state index >= 15 is 0 Å². The van der Waals surface area contributed by atoms with E-state index in [2.05, 4.69) is 16.4 Å². The Morgan fingerprint density at radius 3 is 2.00 bits per heavy atom. The summed E-state index contributed by atoms with van der Waals surface area (Å²) in [5.41, 5.74) is 4.88. The number of piperidine rings is 1. The highest BCUT2D eigenvalue weighted by molar-refractivity contribution is 7.89. The molecule has 1 fully saturated rings. The number of aromatic nitrogens is 1. The topological polar surface area (TPSA) is 125 Å². The van der Waals surface area contributed by atoms with Gasteiger partial charge in [0, 0.05) is 32.4 Å². The first-order valence-electron chi connectivity index (χ1n) is 17.7. The number of nitriles is 1. The second kappa shape index (κ2) is 16.9. The molecule has 0 spiro atoms. The zero-order valence-electron chi connectivity index (χ0n) is 31.0. The maximum Gasteiger partial charge on any atom is 0.262 e. The van der Waals surface area contributed by atoms with Crippen LogP contribution in [0.3, 0.4) is 0 Å². The number of halogens is 2. The van der Waals surface area contributed by atoms with Crippen molar-refractivity contribution in [1.82, 2.24) is 14.2 Å². The van der Waals surface area contributed by atoms with E-state index in [9.17, 15) is 22.9 Å². The van der Waals surface area contributed by atoms with E-state index in [-0.39, 0.29) is 41.1 Å². The van der Waals surface area contributed by atoms with Crippen LogP contribution in [0.5, 0.6) is 11.5 Å². The number of rotatable bonds is 12. The van der Waals surface area contributed by atoms with Gasteiger partial charge in [-0.25, -0.2) is 17.8 Å². The lowest BCUT2D eigenvalue weighted by Gasteiger charge is -2.33. The molecule has 1 aliphatic rings. The van der Waals surface area contributed by atoms with Crippen LogP contribution in [-0.4, -0.2) is 55.8 Å². The Bertz CT molecular complexity index is 2280. The molecular weight excluding hydrogens is 741 g/mol. The molecule has 10 nitrogen and oxygen atoms in total. The molecule has 6 rings (SSSR count). The van der Waals surface area contributed by atoms with Gasteiger partial charge in [0.25, 0.3) is 15.9 Å². The van der Waals surface area contributed by atoms with Gasteiger partial charge >= 0.3 is 0 Å². The number of anilines is 2. The highest BCUT2D eigenvalue weighted by atomic mass is 35.5. The molecule has 0 aliphatic carbocycles. The Morgan fingerprint density at radius 1 is 0.927 bits per heavy atom. The van der Waals surface area contributed by atoms with Crippen LogP contribution in [0.15, 0.2) is 96.2 Å². The first-order chi connectivity index (χ1) is 26.4. The van der Waals surface area contributed by atoms with Gasteiger partial charge in [0.2, 0.25) is 0 Å². The summed E-state index contributed by atoms with van der Waals surface area (Å²) in [6.07, 6.45) is 2.53. The number of carbonyl (C=O) groups is 1. The van der Waals surface area contributed by atoms with E-state index in [4.69, 9.17) is 21.1 Å². The van der Waals surface area contributed by atoms with Crippen LogP contribution < -0.4 is 14.8 Å². The molecule has 0 saturated carbocycles. The van der Waals surface area contributed by atoms with Crippen molar-refractivity contribution in [2.45, 2.75) is 50.7 Å². The summed E-state index contributed by atoms with van der Waals surface area (Å²) in [5.74, 6) is 0.689. The fourth-order valence-corrected chi connectivity index (χ4v) is 8.51. The first kappa shape index (κ1) is 39.2. The molecule has 1 N–H and O–H groups in total. The van der Waals surface area contributed by atoms with E-state index in [0.717, 1.165) is 16.7 Å². The third-order valence-corrected chi connectivity index (χ3v) is 12.2. The number of methoxy groups -OCH3 is 2. The number of aryl methyl sites for hydroxylation is 2. The average Bonchev–Trinajstić information content (AvgIpc) is 3.20. The molecule has 1 amide bonds. The van der Waals surface area contributed by atoms with Crippen molar-refractivity contribution in [1.29, 1.82) is 5.26 Å². The fraction of sp³-hybridized carbons (Fsp3) is 0.262. The Hall–Kier alpha value is -5.48. The second-order valence-corrected chi connectivity index (χ2v) is 15.7. The average molecular weight is 782 g/mol. The molecular formula is C42H41ClFN5O5S. The number of sulfonamides is 1. The van der Waals surface area contributed by atoms with Crippen molar-refractivity contribution in [2.75, 3.05) is 32.6 Å². The van der Waals surface area contributed by atoms with E-state index in [1.807, 2.05) is 13.8 Å². The molecule has 0 radical (unpaired) electrons. The summed E-state index contributed by atoms with van der Waals surface area (Å²) in [4.78, 5) is 20.4. The molecule has 0 unspecified atom stereocenters. The van der Waals surface area contributed by atoms with Crippen LogP contribution in [0, 0.1) is 31.0 Å². The van der Waals surface area contributed by atoms with Crippen molar-refractivity contribution in [3.8, 4) is 17.6 Å². The predicted octanol–water partition coefficient (Wildman–Crippen LogP) is 8.53. The number of likely N-dealkylation sites (tertiary alicyclic amines) is 1. The minimum atomic E-state index is -4.44. The number of benzene rings is 4. The zero-order chi connectivity index (χ0) is 39.3. The molecule has 2 heterocycles. The summed E-state index contributed by atoms with van der Waals surface area (Å²) in [6.45, 7) is 4.52. The number of ether oxygens (including phenoxy) is 2. The molecule has 1 saturated heterocycles. The number of hydrogen-bond acceptors (Lipinski definition) is 8. The van der Waals surface area contributed by atoms with E-state index < -0.39 is 21.0 Å². The third-order valence-electron chi connectivity index (χ3n) is 9.98. The quantitative estimate of drug-likeness (QED) is 0.134.